The van der Waals surface area contributed by atoms with E-state index in [1.54, 1.807) is 42.7 Å². The van der Waals surface area contributed by atoms with E-state index in [0.29, 0.717) is 6.42 Å². The summed E-state index contributed by atoms with van der Waals surface area (Å²) in [5.41, 5.74) is 2.56. The second kappa shape index (κ2) is 7.63. The number of hydrogen-bond acceptors (Lipinski definition) is 4. The number of fused-ring (bicyclic) bond motifs is 1. The molecule has 3 aromatic rings. The average molecular weight is 337 g/mol. The first-order valence-electron chi connectivity index (χ1n) is 7.95. The number of benzene rings is 1. The van der Waals surface area contributed by atoms with Gasteiger partial charge in [-0.1, -0.05) is 12.1 Å². The number of pyridine rings is 1. The number of aromatic hydroxyl groups is 1. The van der Waals surface area contributed by atoms with Crippen LogP contribution in [0.5, 0.6) is 5.75 Å². The highest BCUT2D eigenvalue weighted by Crippen LogP contribution is 2.16. The largest absolute Gasteiger partial charge is 0.508 e. The van der Waals surface area contributed by atoms with Gasteiger partial charge in [0, 0.05) is 29.4 Å². The van der Waals surface area contributed by atoms with Crippen molar-refractivity contribution in [1.82, 2.24) is 15.3 Å². The van der Waals surface area contributed by atoms with Gasteiger partial charge in [-0.2, -0.15) is 0 Å². The number of carbonyl (C=O) groups is 1. The molecule has 2 aromatic heterocycles. The Hall–Kier alpha value is -3.12. The number of nitrogens with zero attached hydrogens (tertiary/aromatic N) is 1. The number of phenols is 1. The van der Waals surface area contributed by atoms with Crippen molar-refractivity contribution in [3.8, 4) is 5.75 Å². The first-order valence-corrected chi connectivity index (χ1v) is 7.95. The Kier molecular flexibility index (Phi) is 5.11. The summed E-state index contributed by atoms with van der Waals surface area (Å²) in [6.07, 6.45) is 7.13. The van der Waals surface area contributed by atoms with Crippen LogP contribution in [-0.4, -0.2) is 38.7 Å². The molecule has 25 heavy (non-hydrogen) atoms. The standard InChI is InChI=1S/C19H19N3O3/c23-12-15(10-13-3-6-16(24)7-4-13)22-18(25)8-5-14-11-21-19-17(14)2-1-9-20-19/h1-9,11,15,23-24H,10,12H2,(H,20,21)(H,22,25)/b8-5+/t15-/m0/s1. The molecule has 0 saturated carbocycles. The Bertz CT molecular complexity index is 884. The number of H-pyrrole nitrogens is 1. The van der Waals surface area contributed by atoms with Crippen molar-refractivity contribution in [1.29, 1.82) is 0 Å². The van der Waals surface area contributed by atoms with Gasteiger partial charge in [-0.05, 0) is 42.3 Å². The van der Waals surface area contributed by atoms with Crippen LogP contribution in [0.1, 0.15) is 11.1 Å². The lowest BCUT2D eigenvalue weighted by atomic mass is 10.1. The summed E-state index contributed by atoms with van der Waals surface area (Å²) in [4.78, 5) is 19.4. The molecule has 2 heterocycles. The number of aliphatic hydroxyl groups excluding tert-OH is 1. The Morgan fingerprint density at radius 3 is 2.84 bits per heavy atom. The van der Waals surface area contributed by atoms with E-state index < -0.39 is 6.04 Å². The molecule has 0 bridgehead atoms. The number of amides is 1. The van der Waals surface area contributed by atoms with Gasteiger partial charge in [0.15, 0.2) is 0 Å². The van der Waals surface area contributed by atoms with Crippen LogP contribution in [0.25, 0.3) is 17.1 Å². The minimum absolute atomic E-state index is 0.169. The summed E-state index contributed by atoms with van der Waals surface area (Å²) < 4.78 is 0. The van der Waals surface area contributed by atoms with E-state index in [1.165, 1.54) is 6.08 Å². The summed E-state index contributed by atoms with van der Waals surface area (Å²) in [7, 11) is 0. The zero-order valence-corrected chi connectivity index (χ0v) is 13.5. The normalized spacial score (nSPS) is 12.5. The fourth-order valence-corrected chi connectivity index (χ4v) is 2.61. The van der Waals surface area contributed by atoms with Gasteiger partial charge in [0.25, 0.3) is 0 Å². The number of hydrogen-bond donors (Lipinski definition) is 4. The van der Waals surface area contributed by atoms with E-state index in [9.17, 15) is 15.0 Å². The van der Waals surface area contributed by atoms with Crippen molar-refractivity contribution in [2.45, 2.75) is 12.5 Å². The fourth-order valence-electron chi connectivity index (χ4n) is 2.61. The lowest BCUT2D eigenvalue weighted by molar-refractivity contribution is -0.117. The molecular formula is C19H19N3O3. The van der Waals surface area contributed by atoms with Gasteiger partial charge >= 0.3 is 0 Å². The zero-order chi connectivity index (χ0) is 17.6. The van der Waals surface area contributed by atoms with Crippen molar-refractivity contribution in [2.24, 2.45) is 0 Å². The van der Waals surface area contributed by atoms with Gasteiger partial charge in [-0.15, -0.1) is 0 Å². The van der Waals surface area contributed by atoms with Crippen LogP contribution in [-0.2, 0) is 11.2 Å². The van der Waals surface area contributed by atoms with E-state index in [4.69, 9.17) is 0 Å². The third-order valence-electron chi connectivity index (χ3n) is 3.88. The fraction of sp³-hybridized carbons (Fsp3) is 0.158. The van der Waals surface area contributed by atoms with Gasteiger partial charge in [-0.3, -0.25) is 4.79 Å². The molecule has 0 fully saturated rings. The maximum absolute atomic E-state index is 12.1. The van der Waals surface area contributed by atoms with Crippen LogP contribution in [0.3, 0.4) is 0 Å². The Morgan fingerprint density at radius 2 is 2.08 bits per heavy atom. The van der Waals surface area contributed by atoms with Crippen LogP contribution in [0.4, 0.5) is 0 Å². The lowest BCUT2D eigenvalue weighted by Gasteiger charge is -2.15. The monoisotopic (exact) mass is 337 g/mol. The van der Waals surface area contributed by atoms with Gasteiger partial charge in [0.2, 0.25) is 5.91 Å². The van der Waals surface area contributed by atoms with Crippen LogP contribution in [0.15, 0.2) is 54.9 Å². The smallest absolute Gasteiger partial charge is 0.244 e. The molecule has 1 atom stereocenters. The maximum atomic E-state index is 12.1. The minimum Gasteiger partial charge on any atom is -0.508 e. The van der Waals surface area contributed by atoms with Crippen molar-refractivity contribution < 1.29 is 15.0 Å². The molecule has 0 radical (unpaired) electrons. The number of aromatic nitrogens is 2. The SMILES string of the molecule is O=C(/C=C/c1c[nH]c2ncccc12)N[C@H](CO)Cc1ccc(O)cc1. The second-order valence-corrected chi connectivity index (χ2v) is 5.74. The quantitative estimate of drug-likeness (QED) is 0.517. The summed E-state index contributed by atoms with van der Waals surface area (Å²) in [6.45, 7) is -0.169. The van der Waals surface area contributed by atoms with Crippen molar-refractivity contribution in [2.75, 3.05) is 6.61 Å². The number of aromatic amines is 1. The molecule has 6 nitrogen and oxygen atoms in total. The molecule has 3 rings (SSSR count). The van der Waals surface area contributed by atoms with E-state index >= 15 is 0 Å². The molecular weight excluding hydrogens is 318 g/mol. The van der Waals surface area contributed by atoms with Crippen molar-refractivity contribution >= 4 is 23.0 Å². The predicted octanol–water partition coefficient (Wildman–Crippen LogP) is 2.00. The highest BCUT2D eigenvalue weighted by Gasteiger charge is 2.11. The van der Waals surface area contributed by atoms with Crippen LogP contribution < -0.4 is 5.32 Å². The molecule has 0 unspecified atom stereocenters. The first-order chi connectivity index (χ1) is 12.2. The van der Waals surface area contributed by atoms with Gasteiger partial charge in [0.1, 0.15) is 11.4 Å². The van der Waals surface area contributed by atoms with Crippen molar-refractivity contribution in [3.05, 3.63) is 66.0 Å². The zero-order valence-electron chi connectivity index (χ0n) is 13.5. The van der Waals surface area contributed by atoms with E-state index in [0.717, 1.165) is 22.2 Å². The van der Waals surface area contributed by atoms with Gasteiger partial charge in [0.05, 0.1) is 12.6 Å². The molecule has 1 aromatic carbocycles. The number of rotatable bonds is 6. The molecule has 0 aliphatic rings. The molecule has 128 valence electrons. The summed E-state index contributed by atoms with van der Waals surface area (Å²) in [5, 5.41) is 22.5. The molecule has 0 aliphatic heterocycles. The van der Waals surface area contributed by atoms with Crippen molar-refractivity contribution in [3.63, 3.8) is 0 Å². The maximum Gasteiger partial charge on any atom is 0.244 e. The van der Waals surface area contributed by atoms with Crippen LogP contribution in [0.2, 0.25) is 0 Å². The molecule has 6 heteroatoms. The minimum atomic E-state index is -0.397. The van der Waals surface area contributed by atoms with Gasteiger partial charge < -0.3 is 20.5 Å². The Morgan fingerprint density at radius 1 is 1.28 bits per heavy atom. The molecule has 0 aliphatic carbocycles. The third kappa shape index (κ3) is 4.24. The number of carbonyl (C=O) groups excluding carboxylic acids is 1. The third-order valence-corrected chi connectivity index (χ3v) is 3.88. The van der Waals surface area contributed by atoms with Crippen LogP contribution >= 0.6 is 0 Å². The van der Waals surface area contributed by atoms with E-state index in [2.05, 4.69) is 15.3 Å². The summed E-state index contributed by atoms with van der Waals surface area (Å²) >= 11 is 0. The first kappa shape index (κ1) is 16.7. The van der Waals surface area contributed by atoms with Gasteiger partial charge in [-0.25, -0.2) is 4.98 Å². The summed E-state index contributed by atoms with van der Waals surface area (Å²) in [6, 6.07) is 10.1. The van der Waals surface area contributed by atoms with E-state index in [-0.39, 0.29) is 18.3 Å². The number of nitrogens with one attached hydrogen (secondary N) is 2. The highest BCUT2D eigenvalue weighted by atomic mass is 16.3. The van der Waals surface area contributed by atoms with E-state index in [1.807, 2.05) is 12.1 Å². The molecule has 4 N–H and O–H groups in total. The second-order valence-electron chi connectivity index (χ2n) is 5.74. The summed E-state index contributed by atoms with van der Waals surface area (Å²) in [5.74, 6) is -0.0967. The average Bonchev–Trinajstić information content (AvgIpc) is 3.04. The molecule has 0 spiro atoms. The predicted molar refractivity (Wildman–Crippen MR) is 96.0 cm³/mol. The molecule has 0 saturated heterocycles. The van der Waals surface area contributed by atoms with Crippen LogP contribution in [0, 0.1) is 0 Å². The number of aliphatic hydroxyl groups is 1. The topological polar surface area (TPSA) is 98.2 Å². The number of phenolic OH excluding ortho intramolecular Hbond substituents is 1. The highest BCUT2D eigenvalue weighted by molar-refractivity contribution is 5.95. The lowest BCUT2D eigenvalue weighted by Crippen LogP contribution is -2.38. The molecule has 1 amide bonds. The Balaban J connectivity index is 1.63. The Labute approximate surface area is 144 Å².